The number of carbonyl (C=O) groups is 1. The molecule has 0 saturated heterocycles. The summed E-state index contributed by atoms with van der Waals surface area (Å²) >= 11 is 0. The number of anilines is 2. The zero-order valence-electron chi connectivity index (χ0n) is 9.43. The second kappa shape index (κ2) is 6.18. The Hall–Kier alpha value is -2.48. The fourth-order valence-electron chi connectivity index (χ4n) is 1.08. The third-order valence-corrected chi connectivity index (χ3v) is 1.91. The van der Waals surface area contributed by atoms with Crippen molar-refractivity contribution in [3.05, 3.63) is 36.0 Å². The van der Waals surface area contributed by atoms with Crippen molar-refractivity contribution in [3.63, 3.8) is 0 Å². The first-order chi connectivity index (χ1) is 8.17. The Balaban J connectivity index is 2.71. The summed E-state index contributed by atoms with van der Waals surface area (Å²) < 4.78 is 4.71. The molecule has 0 aromatic heterocycles. The van der Waals surface area contributed by atoms with Gasteiger partial charge in [-0.05, 0) is 31.2 Å². The summed E-state index contributed by atoms with van der Waals surface area (Å²) in [4.78, 5) is 11.3. The average molecular weight is 231 g/mol. The fourth-order valence-corrected chi connectivity index (χ4v) is 1.08. The highest BCUT2D eigenvalue weighted by atomic mass is 16.5. The third kappa shape index (κ3) is 3.87. The molecule has 17 heavy (non-hydrogen) atoms. The van der Waals surface area contributed by atoms with Crippen molar-refractivity contribution in [2.24, 2.45) is 0 Å². The van der Waals surface area contributed by atoms with Crippen molar-refractivity contribution in [2.45, 2.75) is 6.92 Å². The average Bonchev–Trinajstić information content (AvgIpc) is 2.32. The van der Waals surface area contributed by atoms with E-state index in [1.165, 1.54) is 6.20 Å². The summed E-state index contributed by atoms with van der Waals surface area (Å²) in [6.07, 6.45) is 1.31. The largest absolute Gasteiger partial charge is 0.462 e. The predicted octanol–water partition coefficient (Wildman–Crippen LogP) is 1.65. The SMILES string of the molecule is CCOC(=O)/C(C#N)=C/Nc1ccc(N)cc1. The van der Waals surface area contributed by atoms with Gasteiger partial charge in [-0.2, -0.15) is 5.26 Å². The van der Waals surface area contributed by atoms with Crippen LogP contribution in [0.2, 0.25) is 0 Å². The summed E-state index contributed by atoms with van der Waals surface area (Å²) in [5.74, 6) is -0.641. The number of rotatable bonds is 4. The molecule has 0 aliphatic rings. The van der Waals surface area contributed by atoms with E-state index in [1.807, 2.05) is 0 Å². The molecule has 0 aliphatic heterocycles. The van der Waals surface area contributed by atoms with Crippen LogP contribution in [0.5, 0.6) is 0 Å². The molecule has 0 unspecified atom stereocenters. The molecule has 0 atom stereocenters. The van der Waals surface area contributed by atoms with E-state index in [2.05, 4.69) is 5.32 Å². The van der Waals surface area contributed by atoms with Crippen LogP contribution in [0.1, 0.15) is 6.92 Å². The number of hydrogen-bond acceptors (Lipinski definition) is 5. The topological polar surface area (TPSA) is 88.1 Å². The molecule has 0 fully saturated rings. The first-order valence-corrected chi connectivity index (χ1v) is 5.07. The van der Waals surface area contributed by atoms with Crippen LogP contribution in [0, 0.1) is 11.3 Å². The van der Waals surface area contributed by atoms with Crippen LogP contribution >= 0.6 is 0 Å². The molecular weight excluding hydrogens is 218 g/mol. The first-order valence-electron chi connectivity index (χ1n) is 5.07. The van der Waals surface area contributed by atoms with Crippen LogP contribution in [0.3, 0.4) is 0 Å². The van der Waals surface area contributed by atoms with E-state index < -0.39 is 5.97 Å². The zero-order chi connectivity index (χ0) is 12.7. The van der Waals surface area contributed by atoms with E-state index >= 15 is 0 Å². The highest BCUT2D eigenvalue weighted by Gasteiger charge is 2.08. The lowest BCUT2D eigenvalue weighted by Gasteiger charge is -2.03. The standard InChI is InChI=1S/C12H13N3O2/c1-2-17-12(16)9(7-13)8-15-11-5-3-10(14)4-6-11/h3-6,8,15H,2,14H2,1H3/b9-8+. The number of ether oxygens (including phenoxy) is 1. The van der Waals surface area contributed by atoms with Gasteiger partial charge in [-0.1, -0.05) is 0 Å². The molecule has 0 aliphatic carbocycles. The van der Waals surface area contributed by atoms with Gasteiger partial charge in [-0.25, -0.2) is 4.79 Å². The van der Waals surface area contributed by atoms with Crippen LogP contribution in [-0.4, -0.2) is 12.6 Å². The van der Waals surface area contributed by atoms with Gasteiger partial charge in [0.25, 0.3) is 0 Å². The quantitative estimate of drug-likeness (QED) is 0.356. The lowest BCUT2D eigenvalue weighted by molar-refractivity contribution is -0.138. The van der Waals surface area contributed by atoms with Crippen molar-refractivity contribution in [1.29, 1.82) is 5.26 Å². The van der Waals surface area contributed by atoms with Crippen molar-refractivity contribution >= 4 is 17.3 Å². The van der Waals surface area contributed by atoms with Crippen molar-refractivity contribution < 1.29 is 9.53 Å². The normalized spacial score (nSPS) is 10.5. The van der Waals surface area contributed by atoms with Crippen molar-refractivity contribution in [3.8, 4) is 6.07 Å². The molecule has 5 heteroatoms. The van der Waals surface area contributed by atoms with E-state index in [4.69, 9.17) is 15.7 Å². The Kier molecular flexibility index (Phi) is 4.58. The molecule has 0 amide bonds. The maximum Gasteiger partial charge on any atom is 0.350 e. The van der Waals surface area contributed by atoms with Gasteiger partial charge in [0.2, 0.25) is 0 Å². The second-order valence-electron chi connectivity index (χ2n) is 3.16. The Morgan fingerprint density at radius 1 is 1.53 bits per heavy atom. The molecule has 0 heterocycles. The Bertz CT molecular complexity index is 458. The predicted molar refractivity (Wildman–Crippen MR) is 64.8 cm³/mol. The van der Waals surface area contributed by atoms with Gasteiger partial charge in [0.05, 0.1) is 6.61 Å². The lowest BCUT2D eigenvalue weighted by atomic mass is 10.3. The highest BCUT2D eigenvalue weighted by Crippen LogP contribution is 2.11. The van der Waals surface area contributed by atoms with Crippen LogP contribution in [0.4, 0.5) is 11.4 Å². The van der Waals surface area contributed by atoms with Gasteiger partial charge in [-0.15, -0.1) is 0 Å². The monoisotopic (exact) mass is 231 g/mol. The number of nitrogens with two attached hydrogens (primary N) is 1. The minimum Gasteiger partial charge on any atom is -0.462 e. The first kappa shape index (κ1) is 12.6. The van der Waals surface area contributed by atoms with Gasteiger partial charge in [-0.3, -0.25) is 0 Å². The molecule has 0 saturated carbocycles. The Morgan fingerprint density at radius 3 is 2.71 bits per heavy atom. The third-order valence-electron chi connectivity index (χ3n) is 1.91. The van der Waals surface area contributed by atoms with Crippen molar-refractivity contribution in [1.82, 2.24) is 0 Å². The summed E-state index contributed by atoms with van der Waals surface area (Å²) in [5.41, 5.74) is 6.82. The smallest absolute Gasteiger partial charge is 0.350 e. The highest BCUT2D eigenvalue weighted by molar-refractivity contribution is 5.93. The number of nitriles is 1. The molecule has 1 aromatic carbocycles. The van der Waals surface area contributed by atoms with Crippen LogP contribution in [-0.2, 0) is 9.53 Å². The van der Waals surface area contributed by atoms with Gasteiger partial charge in [0, 0.05) is 17.6 Å². The number of nitrogens with one attached hydrogen (secondary N) is 1. The van der Waals surface area contributed by atoms with E-state index in [0.717, 1.165) is 5.69 Å². The van der Waals surface area contributed by atoms with Crippen LogP contribution in [0.15, 0.2) is 36.0 Å². The van der Waals surface area contributed by atoms with E-state index in [0.29, 0.717) is 5.69 Å². The summed E-state index contributed by atoms with van der Waals surface area (Å²) in [5, 5.41) is 11.6. The van der Waals surface area contributed by atoms with Gasteiger partial charge < -0.3 is 15.8 Å². The van der Waals surface area contributed by atoms with Crippen LogP contribution < -0.4 is 11.1 Å². The fraction of sp³-hybridized carbons (Fsp3) is 0.167. The van der Waals surface area contributed by atoms with E-state index in [9.17, 15) is 4.79 Å². The maximum atomic E-state index is 11.3. The molecule has 1 rings (SSSR count). The molecule has 1 aromatic rings. The molecule has 0 spiro atoms. The number of nitrogen functional groups attached to an aromatic ring is 1. The van der Waals surface area contributed by atoms with Crippen LogP contribution in [0.25, 0.3) is 0 Å². The number of esters is 1. The molecule has 5 nitrogen and oxygen atoms in total. The van der Waals surface area contributed by atoms with Gasteiger partial charge in [0.1, 0.15) is 6.07 Å². The molecular formula is C12H13N3O2. The number of benzene rings is 1. The zero-order valence-corrected chi connectivity index (χ0v) is 9.43. The number of nitrogens with zero attached hydrogens (tertiary/aromatic N) is 1. The summed E-state index contributed by atoms with van der Waals surface area (Å²) in [7, 11) is 0. The van der Waals surface area contributed by atoms with E-state index in [-0.39, 0.29) is 12.2 Å². The second-order valence-corrected chi connectivity index (χ2v) is 3.16. The summed E-state index contributed by atoms with van der Waals surface area (Å²) in [6, 6.07) is 8.68. The van der Waals surface area contributed by atoms with E-state index in [1.54, 1.807) is 37.3 Å². The summed E-state index contributed by atoms with van der Waals surface area (Å²) in [6.45, 7) is 1.92. The minimum atomic E-state index is -0.641. The number of carbonyl (C=O) groups excluding carboxylic acids is 1. The minimum absolute atomic E-state index is 0.0799. The molecule has 88 valence electrons. The number of hydrogen-bond donors (Lipinski definition) is 2. The molecule has 0 radical (unpaired) electrons. The maximum absolute atomic E-state index is 11.3. The Morgan fingerprint density at radius 2 is 2.18 bits per heavy atom. The molecule has 0 bridgehead atoms. The van der Waals surface area contributed by atoms with Gasteiger partial charge >= 0.3 is 5.97 Å². The lowest BCUT2D eigenvalue weighted by Crippen LogP contribution is -2.07. The Labute approximate surface area is 99.5 Å². The molecule has 3 N–H and O–H groups in total. The van der Waals surface area contributed by atoms with Gasteiger partial charge in [0.15, 0.2) is 5.57 Å². The van der Waals surface area contributed by atoms with Crippen molar-refractivity contribution in [2.75, 3.05) is 17.7 Å².